The second kappa shape index (κ2) is 8.41. The van der Waals surface area contributed by atoms with E-state index in [1.54, 1.807) is 31.2 Å². The number of esters is 1. The van der Waals surface area contributed by atoms with Crippen molar-refractivity contribution in [3.05, 3.63) is 69.6 Å². The van der Waals surface area contributed by atoms with E-state index in [0.29, 0.717) is 23.0 Å². The lowest BCUT2D eigenvalue weighted by Gasteiger charge is -2.16. The quantitative estimate of drug-likeness (QED) is 0.367. The highest BCUT2D eigenvalue weighted by Crippen LogP contribution is 2.30. The van der Waals surface area contributed by atoms with Crippen LogP contribution in [0.15, 0.2) is 56.6 Å². The molecule has 1 unspecified atom stereocenters. The van der Waals surface area contributed by atoms with E-state index in [1.807, 2.05) is 13.8 Å². The maximum absolute atomic E-state index is 12.7. The molecule has 0 aliphatic rings. The predicted octanol–water partition coefficient (Wildman–Crippen LogP) is 3.24. The Morgan fingerprint density at radius 3 is 2.40 bits per heavy atom. The van der Waals surface area contributed by atoms with Crippen molar-refractivity contribution in [2.45, 2.75) is 45.1 Å². The lowest BCUT2D eigenvalue weighted by Crippen LogP contribution is -2.40. The molecule has 0 bridgehead atoms. The maximum Gasteiger partial charge on any atom is 0.336 e. The van der Waals surface area contributed by atoms with Crippen molar-refractivity contribution < 1.29 is 22.4 Å². The van der Waals surface area contributed by atoms with Crippen LogP contribution >= 0.6 is 0 Å². The number of benzene rings is 2. The molecule has 1 aromatic heterocycles. The minimum atomic E-state index is -3.89. The number of rotatable bonds is 6. The molecule has 7 nitrogen and oxygen atoms in total. The highest BCUT2D eigenvalue weighted by Gasteiger charge is 2.24. The van der Waals surface area contributed by atoms with Crippen molar-refractivity contribution in [1.29, 1.82) is 0 Å². The number of carbonyl (C=O) groups is 1. The smallest absolute Gasteiger partial charge is 0.336 e. The van der Waals surface area contributed by atoms with Gasteiger partial charge in [-0.1, -0.05) is 24.6 Å². The standard InChI is InChI=1S/C22H23NO6S/c1-5-16-12-20(24)28-18-10-14(3)11-19(21(16)18)29-22(25)15(4)23-30(26,27)17-8-6-13(2)7-9-17/h6-12,15,23H,5H2,1-4H3. The van der Waals surface area contributed by atoms with E-state index in [9.17, 15) is 18.0 Å². The van der Waals surface area contributed by atoms with Gasteiger partial charge in [0.1, 0.15) is 17.4 Å². The van der Waals surface area contributed by atoms with Crippen molar-refractivity contribution in [3.63, 3.8) is 0 Å². The summed E-state index contributed by atoms with van der Waals surface area (Å²) in [6, 6.07) is 9.87. The lowest BCUT2D eigenvalue weighted by molar-refractivity contribution is -0.135. The molecule has 0 aliphatic heterocycles. The first kappa shape index (κ1) is 21.7. The molecule has 8 heteroatoms. The van der Waals surface area contributed by atoms with Gasteiger partial charge in [-0.3, -0.25) is 0 Å². The van der Waals surface area contributed by atoms with Crippen LogP contribution in [0.25, 0.3) is 11.0 Å². The molecule has 0 aliphatic carbocycles. The largest absolute Gasteiger partial charge is 0.425 e. The van der Waals surface area contributed by atoms with E-state index in [2.05, 4.69) is 4.72 Å². The van der Waals surface area contributed by atoms with Crippen molar-refractivity contribution in [2.24, 2.45) is 0 Å². The van der Waals surface area contributed by atoms with Crippen molar-refractivity contribution in [2.75, 3.05) is 0 Å². The third-order valence-corrected chi connectivity index (χ3v) is 6.20. The zero-order chi connectivity index (χ0) is 22.1. The molecule has 3 aromatic rings. The number of sulfonamides is 1. The van der Waals surface area contributed by atoms with Gasteiger partial charge in [0.2, 0.25) is 10.0 Å². The average molecular weight is 429 g/mol. The van der Waals surface area contributed by atoms with Crippen LogP contribution in [0.4, 0.5) is 0 Å². The fourth-order valence-electron chi connectivity index (χ4n) is 3.09. The summed E-state index contributed by atoms with van der Waals surface area (Å²) in [5, 5.41) is 0.518. The van der Waals surface area contributed by atoms with Gasteiger partial charge in [-0.2, -0.15) is 4.72 Å². The van der Waals surface area contributed by atoms with Crippen LogP contribution < -0.4 is 15.1 Å². The summed E-state index contributed by atoms with van der Waals surface area (Å²) in [5.41, 5.74) is 2.16. The molecule has 0 saturated carbocycles. The Hall–Kier alpha value is -2.97. The van der Waals surface area contributed by atoms with Gasteiger partial charge in [0, 0.05) is 6.07 Å². The monoisotopic (exact) mass is 429 g/mol. The van der Waals surface area contributed by atoms with Crippen molar-refractivity contribution >= 4 is 27.0 Å². The van der Waals surface area contributed by atoms with E-state index in [-0.39, 0.29) is 10.6 Å². The first-order chi connectivity index (χ1) is 14.1. The zero-order valence-corrected chi connectivity index (χ0v) is 18.0. The van der Waals surface area contributed by atoms with E-state index in [1.165, 1.54) is 25.1 Å². The Bertz CT molecular complexity index is 1260. The highest BCUT2D eigenvalue weighted by atomic mass is 32.2. The van der Waals surface area contributed by atoms with Gasteiger partial charge in [0.25, 0.3) is 0 Å². The molecule has 1 N–H and O–H groups in total. The van der Waals surface area contributed by atoms with Gasteiger partial charge in [0.15, 0.2) is 0 Å². The fourth-order valence-corrected chi connectivity index (χ4v) is 4.28. The highest BCUT2D eigenvalue weighted by molar-refractivity contribution is 7.89. The molecule has 2 aromatic carbocycles. The molecule has 1 heterocycles. The predicted molar refractivity (Wildman–Crippen MR) is 113 cm³/mol. The Morgan fingerprint density at radius 2 is 1.77 bits per heavy atom. The lowest BCUT2D eigenvalue weighted by atomic mass is 10.0. The minimum absolute atomic E-state index is 0.0591. The van der Waals surface area contributed by atoms with Gasteiger partial charge in [-0.15, -0.1) is 0 Å². The first-order valence-electron chi connectivity index (χ1n) is 9.49. The van der Waals surface area contributed by atoms with Gasteiger partial charge in [0.05, 0.1) is 10.3 Å². The zero-order valence-electron chi connectivity index (χ0n) is 17.2. The van der Waals surface area contributed by atoms with Gasteiger partial charge < -0.3 is 9.15 Å². The Balaban J connectivity index is 1.89. The number of nitrogens with one attached hydrogen (secondary N) is 1. The van der Waals surface area contributed by atoms with E-state index in [4.69, 9.17) is 9.15 Å². The average Bonchev–Trinajstić information content (AvgIpc) is 2.66. The molecule has 0 radical (unpaired) electrons. The van der Waals surface area contributed by atoms with Crippen LogP contribution in [0.1, 0.15) is 30.5 Å². The van der Waals surface area contributed by atoms with Crippen molar-refractivity contribution in [3.8, 4) is 5.75 Å². The van der Waals surface area contributed by atoms with Crippen LogP contribution in [0.2, 0.25) is 0 Å². The molecule has 1 atom stereocenters. The molecular formula is C22H23NO6S. The molecule has 158 valence electrons. The number of carbonyl (C=O) groups excluding carboxylic acids is 1. The van der Waals surface area contributed by atoms with Crippen LogP contribution in [-0.2, 0) is 21.2 Å². The summed E-state index contributed by atoms with van der Waals surface area (Å²) in [6.07, 6.45) is 0.533. The van der Waals surface area contributed by atoms with Crippen LogP contribution in [0, 0.1) is 13.8 Å². The molecular weight excluding hydrogens is 406 g/mol. The summed E-state index contributed by atoms with van der Waals surface area (Å²) in [5.74, 6) is -0.553. The SMILES string of the molecule is CCc1cc(=O)oc2cc(C)cc(OC(=O)C(C)NS(=O)(=O)c3ccc(C)cc3)c12. The van der Waals surface area contributed by atoms with E-state index in [0.717, 1.165) is 11.1 Å². The Kier molecular flexibility index (Phi) is 6.09. The Labute approximate surface area is 174 Å². The molecule has 30 heavy (non-hydrogen) atoms. The van der Waals surface area contributed by atoms with Gasteiger partial charge >= 0.3 is 11.6 Å². The van der Waals surface area contributed by atoms with Gasteiger partial charge in [-0.25, -0.2) is 18.0 Å². The van der Waals surface area contributed by atoms with E-state index >= 15 is 0 Å². The number of hydrogen-bond acceptors (Lipinski definition) is 6. The van der Waals surface area contributed by atoms with Crippen LogP contribution in [0.5, 0.6) is 5.75 Å². The number of ether oxygens (including phenoxy) is 1. The topological polar surface area (TPSA) is 103 Å². The summed E-state index contributed by atoms with van der Waals surface area (Å²) in [6.45, 7) is 6.91. The molecule has 3 rings (SSSR count). The molecule has 0 fully saturated rings. The second-order valence-corrected chi connectivity index (χ2v) is 8.87. The summed E-state index contributed by atoms with van der Waals surface area (Å²) in [4.78, 5) is 24.5. The summed E-state index contributed by atoms with van der Waals surface area (Å²) < 4.78 is 38.2. The third-order valence-electron chi connectivity index (χ3n) is 4.64. The van der Waals surface area contributed by atoms with Crippen LogP contribution in [0.3, 0.4) is 0 Å². The fraction of sp³-hybridized carbons (Fsp3) is 0.273. The third kappa shape index (κ3) is 4.60. The number of fused-ring (bicyclic) bond motifs is 1. The summed E-state index contributed by atoms with van der Waals surface area (Å²) >= 11 is 0. The van der Waals surface area contributed by atoms with Gasteiger partial charge in [-0.05, 0) is 62.6 Å². The van der Waals surface area contributed by atoms with Crippen molar-refractivity contribution in [1.82, 2.24) is 4.72 Å². The number of hydrogen-bond donors (Lipinski definition) is 1. The number of aryl methyl sites for hydroxylation is 3. The normalized spacial score (nSPS) is 12.7. The Morgan fingerprint density at radius 1 is 1.10 bits per heavy atom. The van der Waals surface area contributed by atoms with E-state index < -0.39 is 27.7 Å². The van der Waals surface area contributed by atoms with Crippen LogP contribution in [-0.4, -0.2) is 20.4 Å². The molecule has 0 saturated heterocycles. The summed E-state index contributed by atoms with van der Waals surface area (Å²) in [7, 11) is -3.89. The second-order valence-electron chi connectivity index (χ2n) is 7.16. The molecule has 0 amide bonds. The molecule has 0 spiro atoms. The minimum Gasteiger partial charge on any atom is -0.425 e. The maximum atomic E-state index is 12.7. The first-order valence-corrected chi connectivity index (χ1v) is 11.0.